The Hall–Kier alpha value is -2.47. The van der Waals surface area contributed by atoms with E-state index in [1.54, 1.807) is 0 Å². The van der Waals surface area contributed by atoms with Gasteiger partial charge in [0.05, 0.1) is 6.04 Å². The number of nitrogens with two attached hydrogens (primary N) is 1. The summed E-state index contributed by atoms with van der Waals surface area (Å²) in [5.74, 6) is 1.30. The monoisotopic (exact) mass is 266 g/mol. The SMILES string of the molecule is Nc1ncnc2nc(C3Cc4ccccc4CN3)[nH]c12. The van der Waals surface area contributed by atoms with E-state index >= 15 is 0 Å². The molecule has 0 spiro atoms. The first-order chi connectivity index (χ1) is 9.81. The van der Waals surface area contributed by atoms with E-state index in [1.807, 2.05) is 0 Å². The summed E-state index contributed by atoms with van der Waals surface area (Å²) in [6, 6.07) is 8.61. The van der Waals surface area contributed by atoms with Crippen LogP contribution in [0.2, 0.25) is 0 Å². The van der Waals surface area contributed by atoms with E-state index in [-0.39, 0.29) is 6.04 Å². The quantitative estimate of drug-likeness (QED) is 0.618. The normalized spacial score (nSPS) is 18.1. The average Bonchev–Trinajstić information content (AvgIpc) is 2.92. The summed E-state index contributed by atoms with van der Waals surface area (Å²) in [5, 5.41) is 3.49. The molecule has 0 amide bonds. The van der Waals surface area contributed by atoms with Crippen molar-refractivity contribution in [3.05, 3.63) is 47.5 Å². The topological polar surface area (TPSA) is 92.5 Å². The second-order valence-corrected chi connectivity index (χ2v) is 4.99. The van der Waals surface area contributed by atoms with Crippen molar-refractivity contribution in [1.29, 1.82) is 0 Å². The van der Waals surface area contributed by atoms with Gasteiger partial charge in [0, 0.05) is 6.54 Å². The number of nitrogens with zero attached hydrogens (tertiary/aromatic N) is 3. The van der Waals surface area contributed by atoms with E-state index < -0.39 is 0 Å². The first-order valence-electron chi connectivity index (χ1n) is 6.57. The molecule has 3 heterocycles. The molecular formula is C14H14N6. The largest absolute Gasteiger partial charge is 0.382 e. The molecule has 100 valence electrons. The number of aromatic amines is 1. The first kappa shape index (κ1) is 11.4. The van der Waals surface area contributed by atoms with Crippen LogP contribution in [-0.2, 0) is 13.0 Å². The molecule has 1 aliphatic heterocycles. The zero-order valence-electron chi connectivity index (χ0n) is 10.8. The molecule has 20 heavy (non-hydrogen) atoms. The lowest BCUT2D eigenvalue weighted by Gasteiger charge is -2.24. The summed E-state index contributed by atoms with van der Waals surface area (Å²) in [6.07, 6.45) is 2.34. The van der Waals surface area contributed by atoms with Crippen LogP contribution in [-0.4, -0.2) is 19.9 Å². The molecule has 4 rings (SSSR count). The summed E-state index contributed by atoms with van der Waals surface area (Å²) in [7, 11) is 0. The van der Waals surface area contributed by atoms with Gasteiger partial charge in [-0.1, -0.05) is 24.3 Å². The van der Waals surface area contributed by atoms with Crippen molar-refractivity contribution in [1.82, 2.24) is 25.3 Å². The fourth-order valence-electron chi connectivity index (χ4n) is 2.68. The van der Waals surface area contributed by atoms with E-state index in [0.717, 1.165) is 18.8 Å². The summed E-state index contributed by atoms with van der Waals surface area (Å²) in [6.45, 7) is 0.846. The van der Waals surface area contributed by atoms with Gasteiger partial charge in [0.2, 0.25) is 0 Å². The van der Waals surface area contributed by atoms with E-state index in [0.29, 0.717) is 17.0 Å². The molecule has 0 fully saturated rings. The molecule has 4 N–H and O–H groups in total. The molecule has 1 unspecified atom stereocenters. The molecule has 1 atom stereocenters. The van der Waals surface area contributed by atoms with Gasteiger partial charge in [-0.05, 0) is 17.5 Å². The number of aromatic nitrogens is 4. The second-order valence-electron chi connectivity index (χ2n) is 4.99. The minimum absolute atomic E-state index is 0.151. The third kappa shape index (κ3) is 1.73. The lowest BCUT2D eigenvalue weighted by Crippen LogP contribution is -2.29. The number of nitrogen functional groups attached to an aromatic ring is 1. The van der Waals surface area contributed by atoms with Crippen LogP contribution in [0.3, 0.4) is 0 Å². The number of fused-ring (bicyclic) bond motifs is 2. The van der Waals surface area contributed by atoms with Crippen LogP contribution in [0.4, 0.5) is 5.82 Å². The van der Waals surface area contributed by atoms with Gasteiger partial charge in [-0.3, -0.25) is 0 Å². The van der Waals surface area contributed by atoms with Gasteiger partial charge < -0.3 is 16.0 Å². The maximum absolute atomic E-state index is 5.83. The standard InChI is InChI=1S/C14H14N6/c15-12-11-14(18-7-17-12)20-13(19-11)10-5-8-3-1-2-4-9(8)6-16-10/h1-4,7,10,16H,5-6H2,(H3,15,17,18,19,20). The maximum Gasteiger partial charge on any atom is 0.183 e. The molecule has 3 aromatic rings. The van der Waals surface area contributed by atoms with Gasteiger partial charge in [-0.15, -0.1) is 0 Å². The summed E-state index contributed by atoms with van der Waals surface area (Å²) >= 11 is 0. The number of anilines is 1. The Balaban J connectivity index is 1.72. The van der Waals surface area contributed by atoms with Gasteiger partial charge in [-0.25, -0.2) is 15.0 Å². The number of imidazole rings is 1. The van der Waals surface area contributed by atoms with Gasteiger partial charge in [-0.2, -0.15) is 0 Å². The Morgan fingerprint density at radius 1 is 1.15 bits per heavy atom. The fourth-order valence-corrected chi connectivity index (χ4v) is 2.68. The number of benzene rings is 1. The Bertz CT molecular complexity index is 778. The number of rotatable bonds is 1. The molecule has 0 radical (unpaired) electrons. The first-order valence-corrected chi connectivity index (χ1v) is 6.57. The van der Waals surface area contributed by atoms with Crippen LogP contribution in [0.25, 0.3) is 11.2 Å². The van der Waals surface area contributed by atoms with Crippen LogP contribution in [0.5, 0.6) is 0 Å². The van der Waals surface area contributed by atoms with Gasteiger partial charge in [0.1, 0.15) is 17.7 Å². The summed E-state index contributed by atoms with van der Waals surface area (Å²) < 4.78 is 0. The predicted molar refractivity (Wildman–Crippen MR) is 75.8 cm³/mol. The fraction of sp³-hybridized carbons (Fsp3) is 0.214. The van der Waals surface area contributed by atoms with Gasteiger partial charge in [0.25, 0.3) is 0 Å². The second kappa shape index (κ2) is 4.28. The third-order valence-corrected chi connectivity index (χ3v) is 3.75. The van der Waals surface area contributed by atoms with Gasteiger partial charge >= 0.3 is 0 Å². The highest BCUT2D eigenvalue weighted by molar-refractivity contribution is 5.81. The number of hydrogen-bond acceptors (Lipinski definition) is 5. The van der Waals surface area contributed by atoms with E-state index in [4.69, 9.17) is 5.73 Å². The summed E-state index contributed by atoms with van der Waals surface area (Å²) in [5.41, 5.74) is 9.87. The minimum atomic E-state index is 0.151. The highest BCUT2D eigenvalue weighted by Gasteiger charge is 2.22. The highest BCUT2D eigenvalue weighted by atomic mass is 15.1. The Morgan fingerprint density at radius 3 is 2.85 bits per heavy atom. The molecule has 0 aliphatic carbocycles. The van der Waals surface area contributed by atoms with Crippen molar-refractivity contribution < 1.29 is 0 Å². The van der Waals surface area contributed by atoms with E-state index in [2.05, 4.69) is 49.5 Å². The molecule has 0 bridgehead atoms. The van der Waals surface area contributed by atoms with Crippen LogP contribution in [0.1, 0.15) is 23.0 Å². The smallest absolute Gasteiger partial charge is 0.183 e. The van der Waals surface area contributed by atoms with Crippen LogP contribution in [0, 0.1) is 0 Å². The Kier molecular flexibility index (Phi) is 2.43. The van der Waals surface area contributed by atoms with Crippen molar-refractivity contribution in [3.8, 4) is 0 Å². The zero-order chi connectivity index (χ0) is 13.5. The van der Waals surface area contributed by atoms with Crippen molar-refractivity contribution in [2.75, 3.05) is 5.73 Å². The molecule has 0 saturated heterocycles. The molecular weight excluding hydrogens is 252 g/mol. The zero-order valence-corrected chi connectivity index (χ0v) is 10.8. The van der Waals surface area contributed by atoms with Crippen LogP contribution in [0.15, 0.2) is 30.6 Å². The van der Waals surface area contributed by atoms with E-state index in [1.165, 1.54) is 17.5 Å². The number of nitrogens with one attached hydrogen (secondary N) is 2. The molecule has 1 aliphatic rings. The van der Waals surface area contributed by atoms with Crippen molar-refractivity contribution in [2.45, 2.75) is 19.0 Å². The molecule has 6 nitrogen and oxygen atoms in total. The molecule has 2 aromatic heterocycles. The van der Waals surface area contributed by atoms with Crippen LogP contribution < -0.4 is 11.1 Å². The van der Waals surface area contributed by atoms with Gasteiger partial charge in [0.15, 0.2) is 11.5 Å². The Labute approximate surface area is 115 Å². The van der Waals surface area contributed by atoms with Crippen molar-refractivity contribution >= 4 is 17.0 Å². The highest BCUT2D eigenvalue weighted by Crippen LogP contribution is 2.26. The lowest BCUT2D eigenvalue weighted by molar-refractivity contribution is 0.481. The number of H-pyrrole nitrogens is 1. The minimum Gasteiger partial charge on any atom is -0.382 e. The average molecular weight is 266 g/mol. The predicted octanol–water partition coefficient (Wildman–Crippen LogP) is 1.32. The molecule has 6 heteroatoms. The molecule has 0 saturated carbocycles. The third-order valence-electron chi connectivity index (χ3n) is 3.75. The maximum atomic E-state index is 5.83. The lowest BCUT2D eigenvalue weighted by atomic mass is 9.96. The summed E-state index contributed by atoms with van der Waals surface area (Å²) in [4.78, 5) is 15.9. The van der Waals surface area contributed by atoms with Crippen molar-refractivity contribution in [3.63, 3.8) is 0 Å². The van der Waals surface area contributed by atoms with Crippen LogP contribution >= 0.6 is 0 Å². The molecule has 1 aromatic carbocycles. The van der Waals surface area contributed by atoms with E-state index in [9.17, 15) is 0 Å². The number of hydrogen-bond donors (Lipinski definition) is 3. The van der Waals surface area contributed by atoms with Crippen molar-refractivity contribution in [2.24, 2.45) is 0 Å². The Morgan fingerprint density at radius 2 is 2.00 bits per heavy atom.